The zero-order valence-corrected chi connectivity index (χ0v) is 25.1. The van der Waals surface area contributed by atoms with E-state index in [9.17, 15) is 19.5 Å². The van der Waals surface area contributed by atoms with E-state index in [1.165, 1.54) is 0 Å². The SMILES string of the molecule is C=CCN(CCCCC)C(=O)C1N([C@H](C)CO)C(=O)[C@@H]2[C@@H](C(=O)N(CC=C)Cc3ccccc3)[C@@]3(C)CCC12S3. The molecule has 1 aromatic carbocycles. The highest BCUT2D eigenvalue weighted by Gasteiger charge is 2.77. The molecule has 3 aliphatic heterocycles. The van der Waals surface area contributed by atoms with Crippen molar-refractivity contribution in [3.63, 3.8) is 0 Å². The average molecular weight is 568 g/mol. The zero-order valence-electron chi connectivity index (χ0n) is 24.3. The average Bonchev–Trinajstić information content (AvgIpc) is 3.52. The quantitative estimate of drug-likeness (QED) is 0.268. The van der Waals surface area contributed by atoms with Crippen molar-refractivity contribution in [2.45, 2.75) is 81.0 Å². The number of thioether (sulfide) groups is 1. The van der Waals surface area contributed by atoms with Gasteiger partial charge in [0.2, 0.25) is 17.7 Å². The number of nitrogens with zero attached hydrogens (tertiary/aromatic N) is 3. The molecule has 0 aliphatic carbocycles. The summed E-state index contributed by atoms with van der Waals surface area (Å²) in [4.78, 5) is 48.3. The van der Waals surface area contributed by atoms with E-state index in [-0.39, 0.29) is 24.3 Å². The van der Waals surface area contributed by atoms with Gasteiger partial charge in [-0.15, -0.1) is 24.9 Å². The van der Waals surface area contributed by atoms with Crippen LogP contribution in [0.2, 0.25) is 0 Å². The molecule has 3 heterocycles. The fourth-order valence-electron chi connectivity index (χ4n) is 7.14. The van der Waals surface area contributed by atoms with Crippen LogP contribution in [-0.2, 0) is 20.9 Å². The first kappa shape index (κ1) is 30.4. The van der Waals surface area contributed by atoms with Crippen LogP contribution in [0.4, 0.5) is 0 Å². The molecule has 4 rings (SSSR count). The number of carbonyl (C=O) groups is 3. The second-order valence-electron chi connectivity index (χ2n) is 11.8. The maximum Gasteiger partial charge on any atom is 0.247 e. The van der Waals surface area contributed by atoms with Gasteiger partial charge in [0.05, 0.1) is 29.2 Å². The van der Waals surface area contributed by atoms with Gasteiger partial charge in [-0.2, -0.15) is 0 Å². The molecule has 3 aliphatic rings. The van der Waals surface area contributed by atoms with Crippen molar-refractivity contribution in [2.75, 3.05) is 26.2 Å². The molecule has 1 N–H and O–H groups in total. The van der Waals surface area contributed by atoms with Gasteiger partial charge in [-0.3, -0.25) is 14.4 Å². The van der Waals surface area contributed by atoms with Crippen LogP contribution in [0.3, 0.4) is 0 Å². The van der Waals surface area contributed by atoms with Gasteiger partial charge in [-0.25, -0.2) is 0 Å². The summed E-state index contributed by atoms with van der Waals surface area (Å²) < 4.78 is -1.16. The number of unbranched alkanes of at least 4 members (excludes halogenated alkanes) is 2. The number of benzene rings is 1. The maximum absolute atomic E-state index is 14.4. The van der Waals surface area contributed by atoms with E-state index in [1.54, 1.807) is 40.6 Å². The van der Waals surface area contributed by atoms with Crippen molar-refractivity contribution in [3.8, 4) is 0 Å². The lowest BCUT2D eigenvalue weighted by atomic mass is 9.66. The Kier molecular flexibility index (Phi) is 9.51. The standard InChI is InChI=1S/C32H45N3O4S/c1-6-9-13-20-33(18-7-2)30(39)27-32-17-16-31(5,40-32)25(26(32)29(38)35(27)23(4)22-36)28(37)34(19-8-3)21-24-14-11-10-12-15-24/h7-8,10-12,14-15,23,25-27,36H,2-3,6,9,13,16-22H2,1,4-5H3/t23-,25+,26+,27?,31-,32?/m1/s1. The minimum absolute atomic E-state index is 0.0609. The first-order valence-corrected chi connectivity index (χ1v) is 15.5. The molecule has 40 heavy (non-hydrogen) atoms. The molecule has 0 saturated carbocycles. The van der Waals surface area contributed by atoms with Crippen LogP contribution in [0.1, 0.15) is 58.4 Å². The number of hydrogen-bond donors (Lipinski definition) is 1. The second-order valence-corrected chi connectivity index (χ2v) is 13.7. The van der Waals surface area contributed by atoms with Crippen molar-refractivity contribution in [1.82, 2.24) is 14.7 Å². The highest BCUT2D eigenvalue weighted by Crippen LogP contribution is 2.71. The van der Waals surface area contributed by atoms with Gasteiger partial charge in [0.15, 0.2) is 0 Å². The molecule has 218 valence electrons. The number of rotatable bonds is 14. The van der Waals surface area contributed by atoms with Crippen LogP contribution in [-0.4, -0.2) is 85.3 Å². The molecule has 2 bridgehead atoms. The summed E-state index contributed by atoms with van der Waals surface area (Å²) >= 11 is 1.67. The van der Waals surface area contributed by atoms with Gasteiger partial charge >= 0.3 is 0 Å². The zero-order chi connectivity index (χ0) is 29.1. The van der Waals surface area contributed by atoms with E-state index >= 15 is 0 Å². The van der Waals surface area contributed by atoms with Gasteiger partial charge in [-0.05, 0) is 38.7 Å². The van der Waals surface area contributed by atoms with Crippen LogP contribution in [0, 0.1) is 11.8 Å². The van der Waals surface area contributed by atoms with E-state index in [0.29, 0.717) is 32.6 Å². The minimum Gasteiger partial charge on any atom is -0.394 e. The fourth-order valence-corrected chi connectivity index (χ4v) is 9.47. The molecule has 7 nitrogen and oxygen atoms in total. The summed E-state index contributed by atoms with van der Waals surface area (Å²) in [5.74, 6) is -1.50. The maximum atomic E-state index is 14.4. The molecule has 0 aromatic heterocycles. The molecular weight excluding hydrogens is 522 g/mol. The van der Waals surface area contributed by atoms with Crippen molar-refractivity contribution >= 4 is 29.5 Å². The number of amides is 3. The molecule has 3 amide bonds. The fraction of sp³-hybridized carbons (Fsp3) is 0.594. The van der Waals surface area contributed by atoms with Gasteiger partial charge in [0, 0.05) is 30.9 Å². The predicted octanol–water partition coefficient (Wildman–Crippen LogP) is 4.27. The van der Waals surface area contributed by atoms with Crippen molar-refractivity contribution in [3.05, 3.63) is 61.2 Å². The van der Waals surface area contributed by atoms with Crippen LogP contribution in [0.15, 0.2) is 55.6 Å². The third kappa shape index (κ3) is 5.25. The van der Waals surface area contributed by atoms with E-state index in [2.05, 4.69) is 27.0 Å². The summed E-state index contributed by atoms with van der Waals surface area (Å²) in [7, 11) is 0. The third-order valence-corrected chi connectivity index (χ3v) is 11.0. The minimum atomic E-state index is -0.722. The highest BCUT2D eigenvalue weighted by molar-refractivity contribution is 8.02. The summed E-state index contributed by atoms with van der Waals surface area (Å²) in [5, 5.41) is 10.2. The van der Waals surface area contributed by atoms with E-state index in [0.717, 1.165) is 31.2 Å². The van der Waals surface area contributed by atoms with E-state index in [4.69, 9.17) is 0 Å². The van der Waals surface area contributed by atoms with Gasteiger partial charge in [-0.1, -0.05) is 62.2 Å². The highest BCUT2D eigenvalue weighted by atomic mass is 32.2. The molecule has 1 aromatic rings. The summed E-state index contributed by atoms with van der Waals surface area (Å²) in [6.07, 6.45) is 7.85. The van der Waals surface area contributed by atoms with Crippen molar-refractivity contribution in [2.24, 2.45) is 11.8 Å². The molecular formula is C32H45N3O4S. The van der Waals surface area contributed by atoms with Crippen molar-refractivity contribution in [1.29, 1.82) is 0 Å². The van der Waals surface area contributed by atoms with Crippen molar-refractivity contribution < 1.29 is 19.5 Å². The lowest BCUT2D eigenvalue weighted by molar-refractivity contribution is -0.147. The number of aliphatic hydroxyl groups excluding tert-OH is 1. The Hall–Kier alpha value is -2.58. The van der Waals surface area contributed by atoms with E-state index < -0.39 is 33.4 Å². The Morgan fingerprint density at radius 1 is 1.12 bits per heavy atom. The molecule has 2 unspecified atom stereocenters. The summed E-state index contributed by atoms with van der Waals surface area (Å²) in [6, 6.07) is 8.60. The number of carbonyl (C=O) groups excluding carboxylic acids is 3. The monoisotopic (exact) mass is 567 g/mol. The predicted molar refractivity (Wildman–Crippen MR) is 160 cm³/mol. The topological polar surface area (TPSA) is 81.2 Å². The van der Waals surface area contributed by atoms with E-state index in [1.807, 2.05) is 35.2 Å². The second kappa shape index (κ2) is 12.5. The molecule has 8 heteroatoms. The largest absolute Gasteiger partial charge is 0.394 e. The number of fused-ring (bicyclic) bond motifs is 1. The first-order valence-electron chi connectivity index (χ1n) is 14.7. The van der Waals surface area contributed by atoms with Gasteiger partial charge < -0.3 is 19.8 Å². The Labute approximate surface area is 243 Å². The Bertz CT molecular complexity index is 1110. The Balaban J connectivity index is 1.73. The lowest BCUT2D eigenvalue weighted by Gasteiger charge is -2.39. The normalized spacial score (nSPS) is 29.2. The Morgan fingerprint density at radius 3 is 2.42 bits per heavy atom. The van der Waals surface area contributed by atoms with Gasteiger partial charge in [0.1, 0.15) is 6.04 Å². The molecule has 0 radical (unpaired) electrons. The molecule has 1 spiro atoms. The Morgan fingerprint density at radius 2 is 1.80 bits per heavy atom. The third-order valence-electron chi connectivity index (χ3n) is 9.02. The van der Waals surface area contributed by atoms with Crippen LogP contribution >= 0.6 is 11.8 Å². The smallest absolute Gasteiger partial charge is 0.247 e. The van der Waals surface area contributed by atoms with Crippen LogP contribution < -0.4 is 0 Å². The summed E-state index contributed by atoms with van der Waals surface area (Å²) in [5.41, 5.74) is 1.02. The van der Waals surface area contributed by atoms with Crippen LogP contribution in [0.5, 0.6) is 0 Å². The van der Waals surface area contributed by atoms with Crippen LogP contribution in [0.25, 0.3) is 0 Å². The van der Waals surface area contributed by atoms with Gasteiger partial charge in [0.25, 0.3) is 0 Å². The lowest BCUT2D eigenvalue weighted by Crippen LogP contribution is -2.57. The summed E-state index contributed by atoms with van der Waals surface area (Å²) in [6.45, 7) is 15.3. The molecule has 3 fully saturated rings. The number of hydrogen-bond acceptors (Lipinski definition) is 5. The first-order chi connectivity index (χ1) is 19.2. The molecule has 3 saturated heterocycles. The number of aliphatic hydroxyl groups is 1. The molecule has 6 atom stereocenters. The number of likely N-dealkylation sites (tertiary alicyclic amines) is 1.